The lowest BCUT2D eigenvalue weighted by Gasteiger charge is -2.33. The Morgan fingerprint density at radius 2 is 1.19 bits per heavy atom. The van der Waals surface area contributed by atoms with E-state index >= 15 is 0 Å². The van der Waals surface area contributed by atoms with Crippen molar-refractivity contribution < 1.29 is 4.43 Å². The minimum atomic E-state index is -1.35. The Morgan fingerprint density at radius 1 is 0.692 bits per heavy atom. The van der Waals surface area contributed by atoms with Crippen LogP contribution in [0.1, 0.15) is 122 Å². The highest BCUT2D eigenvalue weighted by atomic mass is 28.4. The third-order valence-corrected chi connectivity index (χ3v) is 7.01. The molecule has 2 atom stereocenters. The van der Waals surface area contributed by atoms with Gasteiger partial charge >= 0.3 is 0 Å². The van der Waals surface area contributed by atoms with Crippen LogP contribution in [0, 0.1) is 5.92 Å². The van der Waals surface area contributed by atoms with E-state index in [4.69, 9.17) is 4.43 Å². The van der Waals surface area contributed by atoms with Crippen molar-refractivity contribution in [2.45, 2.75) is 148 Å². The first-order chi connectivity index (χ1) is 12.5. The van der Waals surface area contributed by atoms with Gasteiger partial charge in [0.05, 0.1) is 0 Å². The molecule has 0 aromatic heterocycles. The fourth-order valence-electron chi connectivity index (χ4n) is 4.56. The molecule has 156 valence electrons. The second-order valence-electron chi connectivity index (χ2n) is 9.92. The Hall–Kier alpha value is 0.177. The van der Waals surface area contributed by atoms with Crippen LogP contribution in [0.25, 0.3) is 0 Å². The Balaban J connectivity index is 1.87. The van der Waals surface area contributed by atoms with E-state index in [0.29, 0.717) is 6.10 Å². The summed E-state index contributed by atoms with van der Waals surface area (Å²) in [4.78, 5) is 0. The van der Waals surface area contributed by atoms with E-state index in [0.717, 1.165) is 5.92 Å². The second kappa shape index (κ2) is 15.1. The van der Waals surface area contributed by atoms with Gasteiger partial charge in [-0.1, -0.05) is 110 Å². The third kappa shape index (κ3) is 14.3. The Kier molecular flexibility index (Phi) is 14.1. The van der Waals surface area contributed by atoms with Gasteiger partial charge in [-0.2, -0.15) is 0 Å². The maximum Gasteiger partial charge on any atom is 0.184 e. The van der Waals surface area contributed by atoms with Crippen molar-refractivity contribution in [3.05, 3.63) is 0 Å². The van der Waals surface area contributed by atoms with Crippen LogP contribution in [0.2, 0.25) is 19.6 Å². The van der Waals surface area contributed by atoms with E-state index in [2.05, 4.69) is 26.6 Å². The van der Waals surface area contributed by atoms with Crippen molar-refractivity contribution in [1.82, 2.24) is 0 Å². The van der Waals surface area contributed by atoms with Gasteiger partial charge in [0.2, 0.25) is 0 Å². The van der Waals surface area contributed by atoms with Gasteiger partial charge in [-0.05, 0) is 38.4 Å². The van der Waals surface area contributed by atoms with Gasteiger partial charge in [-0.3, -0.25) is 0 Å². The SMILES string of the molecule is CCCCCCCCCCCCCCCC1CCCC(O[Si](C)(C)C)C1. The molecule has 0 heterocycles. The standard InChI is InChI=1S/C24H50OSi/c1-5-6-7-8-9-10-11-12-13-14-15-16-17-19-23-20-18-21-24(22-23)25-26(2,3)4/h23-24H,5-22H2,1-4H3. The maximum atomic E-state index is 6.37. The van der Waals surface area contributed by atoms with Gasteiger partial charge in [-0.25, -0.2) is 0 Å². The van der Waals surface area contributed by atoms with Crippen LogP contribution in [0.15, 0.2) is 0 Å². The van der Waals surface area contributed by atoms with Gasteiger partial charge in [0, 0.05) is 6.10 Å². The summed E-state index contributed by atoms with van der Waals surface area (Å²) >= 11 is 0. The molecule has 0 aromatic rings. The molecule has 1 fully saturated rings. The number of rotatable bonds is 16. The highest BCUT2D eigenvalue weighted by molar-refractivity contribution is 6.69. The second-order valence-corrected chi connectivity index (χ2v) is 14.4. The Bertz CT molecular complexity index is 310. The zero-order valence-electron chi connectivity index (χ0n) is 18.8. The van der Waals surface area contributed by atoms with Crippen molar-refractivity contribution in [3.63, 3.8) is 0 Å². The summed E-state index contributed by atoms with van der Waals surface area (Å²) in [5.74, 6) is 0.956. The third-order valence-electron chi connectivity index (χ3n) is 5.97. The molecular weight excluding hydrogens is 332 g/mol. The smallest absolute Gasteiger partial charge is 0.184 e. The Morgan fingerprint density at radius 3 is 1.69 bits per heavy atom. The maximum absolute atomic E-state index is 6.37. The summed E-state index contributed by atoms with van der Waals surface area (Å²) in [6, 6.07) is 0. The molecule has 0 aromatic carbocycles. The van der Waals surface area contributed by atoms with Gasteiger partial charge in [0.15, 0.2) is 8.32 Å². The molecule has 1 rings (SSSR count). The van der Waals surface area contributed by atoms with Gasteiger partial charge in [-0.15, -0.1) is 0 Å². The molecule has 0 bridgehead atoms. The minimum absolute atomic E-state index is 0.586. The summed E-state index contributed by atoms with van der Waals surface area (Å²) < 4.78 is 6.37. The average molecular weight is 383 g/mol. The highest BCUT2D eigenvalue weighted by Crippen LogP contribution is 2.31. The molecule has 0 spiro atoms. The topological polar surface area (TPSA) is 9.23 Å². The normalized spacial score (nSPS) is 21.2. The van der Waals surface area contributed by atoms with Crippen LogP contribution < -0.4 is 0 Å². The lowest BCUT2D eigenvalue weighted by molar-refractivity contribution is 0.113. The predicted octanol–water partition coefficient (Wildman–Crippen LogP) is 8.88. The van der Waals surface area contributed by atoms with Crippen molar-refractivity contribution in [2.75, 3.05) is 0 Å². The highest BCUT2D eigenvalue weighted by Gasteiger charge is 2.26. The number of hydrogen-bond acceptors (Lipinski definition) is 1. The van der Waals surface area contributed by atoms with E-state index in [1.54, 1.807) is 0 Å². The Labute approximate surface area is 167 Å². The molecule has 1 nitrogen and oxygen atoms in total. The van der Waals surface area contributed by atoms with Crippen molar-refractivity contribution in [3.8, 4) is 0 Å². The van der Waals surface area contributed by atoms with E-state index in [-0.39, 0.29) is 0 Å². The molecule has 2 heteroatoms. The van der Waals surface area contributed by atoms with E-state index < -0.39 is 8.32 Å². The summed E-state index contributed by atoms with van der Waals surface area (Å²) in [6.07, 6.45) is 26.6. The zero-order valence-corrected chi connectivity index (χ0v) is 19.8. The van der Waals surface area contributed by atoms with Crippen LogP contribution in [0.3, 0.4) is 0 Å². The summed E-state index contributed by atoms with van der Waals surface area (Å²) in [6.45, 7) is 9.31. The molecule has 0 amide bonds. The number of unbranched alkanes of at least 4 members (excludes halogenated alkanes) is 12. The van der Waals surface area contributed by atoms with Crippen LogP contribution in [0.4, 0.5) is 0 Å². The fraction of sp³-hybridized carbons (Fsp3) is 1.00. The minimum Gasteiger partial charge on any atom is -0.415 e. The number of hydrogen-bond donors (Lipinski definition) is 0. The lowest BCUT2D eigenvalue weighted by Crippen LogP contribution is -2.35. The molecule has 0 saturated heterocycles. The first-order valence-corrected chi connectivity index (χ1v) is 15.6. The monoisotopic (exact) mass is 382 g/mol. The fourth-order valence-corrected chi connectivity index (χ4v) is 5.78. The molecular formula is C24H50OSi. The van der Waals surface area contributed by atoms with Gasteiger partial charge < -0.3 is 4.43 Å². The molecule has 1 aliphatic carbocycles. The quantitative estimate of drug-likeness (QED) is 0.191. The van der Waals surface area contributed by atoms with E-state index in [1.807, 2.05) is 0 Å². The zero-order chi connectivity index (χ0) is 19.1. The summed E-state index contributed by atoms with van der Waals surface area (Å²) in [5, 5.41) is 0. The first-order valence-electron chi connectivity index (χ1n) is 12.2. The van der Waals surface area contributed by atoms with E-state index in [9.17, 15) is 0 Å². The molecule has 0 radical (unpaired) electrons. The molecule has 2 unspecified atom stereocenters. The van der Waals surface area contributed by atoms with Crippen LogP contribution >= 0.6 is 0 Å². The first kappa shape index (κ1) is 24.2. The molecule has 0 aliphatic heterocycles. The van der Waals surface area contributed by atoms with Crippen molar-refractivity contribution in [2.24, 2.45) is 5.92 Å². The van der Waals surface area contributed by atoms with Crippen molar-refractivity contribution >= 4 is 8.32 Å². The predicted molar refractivity (Wildman–Crippen MR) is 120 cm³/mol. The lowest BCUT2D eigenvalue weighted by atomic mass is 9.84. The van der Waals surface area contributed by atoms with Crippen molar-refractivity contribution in [1.29, 1.82) is 0 Å². The summed E-state index contributed by atoms with van der Waals surface area (Å²) in [5.41, 5.74) is 0. The summed E-state index contributed by atoms with van der Waals surface area (Å²) in [7, 11) is -1.35. The largest absolute Gasteiger partial charge is 0.415 e. The molecule has 0 N–H and O–H groups in total. The van der Waals surface area contributed by atoms with Crippen LogP contribution in [-0.4, -0.2) is 14.4 Å². The van der Waals surface area contributed by atoms with Gasteiger partial charge in [0.1, 0.15) is 0 Å². The van der Waals surface area contributed by atoms with Crippen LogP contribution in [-0.2, 0) is 4.43 Å². The molecule has 1 aliphatic rings. The molecule has 1 saturated carbocycles. The van der Waals surface area contributed by atoms with Gasteiger partial charge in [0.25, 0.3) is 0 Å². The average Bonchev–Trinajstić information content (AvgIpc) is 2.58. The van der Waals surface area contributed by atoms with Crippen LogP contribution in [0.5, 0.6) is 0 Å². The molecule has 26 heavy (non-hydrogen) atoms. The van der Waals surface area contributed by atoms with E-state index in [1.165, 1.54) is 116 Å².